The molecule has 0 unspecified atom stereocenters. The second-order valence-electron chi connectivity index (χ2n) is 2.21. The summed E-state index contributed by atoms with van der Waals surface area (Å²) in [6, 6.07) is 6.68. The van der Waals surface area contributed by atoms with Gasteiger partial charge >= 0.3 is 5.97 Å². The molecule has 72 valence electrons. The van der Waals surface area contributed by atoms with Crippen LogP contribution in [0, 0.1) is 0 Å². The van der Waals surface area contributed by atoms with Crippen LogP contribution in [0.2, 0.25) is 0 Å². The molecule has 0 heterocycles. The van der Waals surface area contributed by atoms with E-state index in [1.54, 1.807) is 24.3 Å². The van der Waals surface area contributed by atoms with Crippen molar-refractivity contribution >= 4 is 11.7 Å². The molecule has 3 N–H and O–H groups in total. The first-order valence-electron chi connectivity index (χ1n) is 3.43. The highest BCUT2D eigenvalue weighted by Gasteiger charge is 2.02. The fourth-order valence-corrected chi connectivity index (χ4v) is 0.820. The van der Waals surface area contributed by atoms with Gasteiger partial charge in [-0.05, 0) is 24.3 Å². The van der Waals surface area contributed by atoms with Crippen LogP contribution < -0.4 is 23.7 Å². The Balaban J connectivity index is 0.00000144. The van der Waals surface area contributed by atoms with Gasteiger partial charge in [0.25, 0.3) is 0 Å². The van der Waals surface area contributed by atoms with Crippen LogP contribution in [0.5, 0.6) is 0 Å². The Morgan fingerprint density at radius 2 is 1.92 bits per heavy atom. The monoisotopic (exact) mass is 201 g/mol. The summed E-state index contributed by atoms with van der Waals surface area (Å²) in [7, 11) is 1.34. The molecular formula is C8H10ClN2O2-. The molecule has 0 saturated heterocycles. The highest BCUT2D eigenvalue weighted by atomic mass is 35.5. The zero-order valence-electron chi connectivity index (χ0n) is 7.08. The summed E-state index contributed by atoms with van der Waals surface area (Å²) in [5.41, 5.74) is 3.72. The van der Waals surface area contributed by atoms with Crippen molar-refractivity contribution < 1.29 is 21.9 Å². The van der Waals surface area contributed by atoms with Crippen molar-refractivity contribution in [3.63, 3.8) is 0 Å². The van der Waals surface area contributed by atoms with Gasteiger partial charge in [-0.15, -0.1) is 0 Å². The zero-order chi connectivity index (χ0) is 8.97. The quantitative estimate of drug-likeness (QED) is 0.323. The standard InChI is InChI=1S/C8H10N2O2.ClH/c1-12-8(11)6-2-4-7(10-9)5-3-6;/h2-5,10H,9H2,1H3;1H/p-1. The Morgan fingerprint density at radius 1 is 1.38 bits per heavy atom. The summed E-state index contributed by atoms with van der Waals surface area (Å²) in [4.78, 5) is 10.9. The molecule has 1 aromatic rings. The SMILES string of the molecule is COC(=O)c1ccc(NN)cc1.[Cl-]. The Hall–Kier alpha value is -1.26. The molecule has 0 bridgehead atoms. The van der Waals surface area contributed by atoms with E-state index in [0.717, 1.165) is 5.69 Å². The highest BCUT2D eigenvalue weighted by molar-refractivity contribution is 5.89. The molecule has 0 spiro atoms. The minimum Gasteiger partial charge on any atom is -1.00 e. The number of halogens is 1. The topological polar surface area (TPSA) is 64.3 Å². The molecule has 0 saturated carbocycles. The van der Waals surface area contributed by atoms with E-state index in [1.807, 2.05) is 0 Å². The maximum Gasteiger partial charge on any atom is 0.337 e. The van der Waals surface area contributed by atoms with Crippen molar-refractivity contribution in [1.29, 1.82) is 0 Å². The molecule has 0 aliphatic heterocycles. The molecular weight excluding hydrogens is 192 g/mol. The first kappa shape index (κ1) is 11.7. The fraction of sp³-hybridized carbons (Fsp3) is 0.125. The van der Waals surface area contributed by atoms with Gasteiger partial charge in [0.15, 0.2) is 0 Å². The number of nitrogen functional groups attached to an aromatic ring is 1. The van der Waals surface area contributed by atoms with Crippen LogP contribution in [-0.4, -0.2) is 13.1 Å². The van der Waals surface area contributed by atoms with E-state index < -0.39 is 0 Å². The smallest absolute Gasteiger partial charge is 0.337 e. The van der Waals surface area contributed by atoms with Gasteiger partial charge in [0.2, 0.25) is 0 Å². The van der Waals surface area contributed by atoms with Crippen LogP contribution in [0.1, 0.15) is 10.4 Å². The average molecular weight is 202 g/mol. The highest BCUT2D eigenvalue weighted by Crippen LogP contribution is 2.08. The number of carbonyl (C=O) groups is 1. The van der Waals surface area contributed by atoms with Gasteiger partial charge < -0.3 is 22.6 Å². The normalized spacial score (nSPS) is 8.46. The van der Waals surface area contributed by atoms with Crippen molar-refractivity contribution in [2.75, 3.05) is 12.5 Å². The number of esters is 1. The Kier molecular flexibility index (Phi) is 4.87. The zero-order valence-corrected chi connectivity index (χ0v) is 7.84. The van der Waals surface area contributed by atoms with Crippen LogP contribution in [0.4, 0.5) is 5.69 Å². The predicted molar refractivity (Wildman–Crippen MR) is 45.6 cm³/mol. The third-order valence-corrected chi connectivity index (χ3v) is 1.47. The first-order chi connectivity index (χ1) is 5.77. The van der Waals surface area contributed by atoms with Crippen molar-refractivity contribution in [1.82, 2.24) is 0 Å². The van der Waals surface area contributed by atoms with Gasteiger partial charge in [-0.25, -0.2) is 4.79 Å². The number of hydrogen-bond donors (Lipinski definition) is 2. The lowest BCUT2D eigenvalue weighted by molar-refractivity contribution is -0.0000172. The van der Waals surface area contributed by atoms with Crippen molar-refractivity contribution in [2.45, 2.75) is 0 Å². The number of hydrazine groups is 1. The van der Waals surface area contributed by atoms with E-state index in [0.29, 0.717) is 5.56 Å². The third kappa shape index (κ3) is 2.93. The van der Waals surface area contributed by atoms with E-state index in [9.17, 15) is 4.79 Å². The van der Waals surface area contributed by atoms with Gasteiger partial charge in [0.05, 0.1) is 12.7 Å². The van der Waals surface area contributed by atoms with E-state index in [-0.39, 0.29) is 18.4 Å². The minimum absolute atomic E-state index is 0. The molecule has 13 heavy (non-hydrogen) atoms. The van der Waals surface area contributed by atoms with E-state index in [2.05, 4.69) is 10.2 Å². The lowest BCUT2D eigenvalue weighted by Crippen LogP contribution is -3.00. The molecule has 1 aromatic carbocycles. The van der Waals surface area contributed by atoms with Crippen LogP contribution in [0.25, 0.3) is 0 Å². The summed E-state index contributed by atoms with van der Waals surface area (Å²) < 4.78 is 4.52. The van der Waals surface area contributed by atoms with Gasteiger partial charge in [-0.2, -0.15) is 0 Å². The maximum absolute atomic E-state index is 10.9. The average Bonchev–Trinajstić information content (AvgIpc) is 2.17. The number of ether oxygens (including phenoxy) is 1. The minimum atomic E-state index is -0.349. The van der Waals surface area contributed by atoms with Crippen LogP contribution in [-0.2, 0) is 4.74 Å². The van der Waals surface area contributed by atoms with E-state index in [4.69, 9.17) is 5.84 Å². The predicted octanol–water partition coefficient (Wildman–Crippen LogP) is -2.24. The Morgan fingerprint density at radius 3 is 2.31 bits per heavy atom. The molecule has 0 aliphatic carbocycles. The number of methoxy groups -OCH3 is 1. The van der Waals surface area contributed by atoms with Gasteiger partial charge in [0, 0.05) is 5.69 Å². The second-order valence-corrected chi connectivity index (χ2v) is 2.21. The molecule has 5 heteroatoms. The third-order valence-electron chi connectivity index (χ3n) is 1.47. The summed E-state index contributed by atoms with van der Waals surface area (Å²) in [5, 5.41) is 0. The summed E-state index contributed by atoms with van der Waals surface area (Å²) in [5.74, 6) is 4.79. The molecule has 0 atom stereocenters. The number of hydrogen-bond acceptors (Lipinski definition) is 4. The molecule has 0 radical (unpaired) electrons. The summed E-state index contributed by atoms with van der Waals surface area (Å²) in [6.07, 6.45) is 0. The first-order valence-corrected chi connectivity index (χ1v) is 3.43. The fourth-order valence-electron chi connectivity index (χ4n) is 0.820. The van der Waals surface area contributed by atoms with Gasteiger partial charge in [-0.3, -0.25) is 5.84 Å². The molecule has 0 aliphatic rings. The molecule has 4 nitrogen and oxygen atoms in total. The van der Waals surface area contributed by atoms with Crippen LogP contribution in [0.3, 0.4) is 0 Å². The van der Waals surface area contributed by atoms with Gasteiger partial charge in [-0.1, -0.05) is 0 Å². The lowest BCUT2D eigenvalue weighted by atomic mass is 10.2. The number of anilines is 1. The van der Waals surface area contributed by atoms with E-state index >= 15 is 0 Å². The lowest BCUT2D eigenvalue weighted by Gasteiger charge is -2.00. The number of nitrogens with two attached hydrogens (primary N) is 1. The number of carbonyl (C=O) groups excluding carboxylic acids is 1. The van der Waals surface area contributed by atoms with Crippen LogP contribution in [0.15, 0.2) is 24.3 Å². The van der Waals surface area contributed by atoms with Crippen molar-refractivity contribution in [3.8, 4) is 0 Å². The summed E-state index contributed by atoms with van der Waals surface area (Å²) in [6.45, 7) is 0. The number of rotatable bonds is 2. The van der Waals surface area contributed by atoms with Gasteiger partial charge in [0.1, 0.15) is 0 Å². The van der Waals surface area contributed by atoms with Crippen molar-refractivity contribution in [3.05, 3.63) is 29.8 Å². The molecule has 0 aromatic heterocycles. The Labute approximate surface area is 82.4 Å². The number of benzene rings is 1. The number of nitrogens with one attached hydrogen (secondary N) is 1. The summed E-state index contributed by atoms with van der Waals surface area (Å²) >= 11 is 0. The molecule has 0 fully saturated rings. The Bertz CT molecular complexity index is 274. The molecule has 1 rings (SSSR count). The second kappa shape index (κ2) is 5.40. The maximum atomic E-state index is 10.9. The molecule has 0 amide bonds. The largest absolute Gasteiger partial charge is 1.00 e. The van der Waals surface area contributed by atoms with Crippen molar-refractivity contribution in [2.24, 2.45) is 5.84 Å². The van der Waals surface area contributed by atoms with E-state index in [1.165, 1.54) is 7.11 Å². The van der Waals surface area contributed by atoms with Crippen LogP contribution >= 0.6 is 0 Å².